The number of carbonyl (C=O) groups is 1. The minimum atomic E-state index is -0.475. The molecular formula is C23H25FN2O3. The van der Waals surface area contributed by atoms with Gasteiger partial charge in [0.05, 0.1) is 5.56 Å². The molecule has 6 heteroatoms. The van der Waals surface area contributed by atoms with Crippen LogP contribution in [0.3, 0.4) is 0 Å². The lowest BCUT2D eigenvalue weighted by molar-refractivity contribution is 0.0704. The number of hydrogen-bond donors (Lipinski definition) is 0. The minimum absolute atomic E-state index is 0.155. The van der Waals surface area contributed by atoms with E-state index < -0.39 is 5.82 Å². The number of fused-ring (bicyclic) bond motifs is 1. The Morgan fingerprint density at radius 2 is 1.72 bits per heavy atom. The van der Waals surface area contributed by atoms with Crippen molar-refractivity contribution in [1.29, 1.82) is 0 Å². The maximum atomic E-state index is 14.9. The van der Waals surface area contributed by atoms with E-state index in [9.17, 15) is 9.18 Å². The van der Waals surface area contributed by atoms with Gasteiger partial charge in [-0.3, -0.25) is 4.79 Å². The standard InChI is InChI=1S/C23H25FN2O3/c24-20-12-16(17-6-8-21-22(13-17)29-15-28-21)5-7-19(20)23(27)26-11-3-4-18(26)14-25-9-1-2-10-25/h5-8,12-13,18H,1-4,9-11,14-15H2. The fourth-order valence-corrected chi connectivity index (χ4v) is 4.66. The van der Waals surface area contributed by atoms with Gasteiger partial charge < -0.3 is 19.3 Å². The molecule has 5 nitrogen and oxygen atoms in total. The molecule has 0 spiro atoms. The van der Waals surface area contributed by atoms with Gasteiger partial charge in [0, 0.05) is 19.1 Å². The lowest BCUT2D eigenvalue weighted by atomic mass is 10.0. The lowest BCUT2D eigenvalue weighted by Crippen LogP contribution is -2.42. The third-order valence-electron chi connectivity index (χ3n) is 6.21. The Morgan fingerprint density at radius 3 is 2.55 bits per heavy atom. The van der Waals surface area contributed by atoms with Gasteiger partial charge in [0.2, 0.25) is 6.79 Å². The molecule has 3 aliphatic rings. The van der Waals surface area contributed by atoms with Crippen molar-refractivity contribution in [3.05, 3.63) is 47.8 Å². The van der Waals surface area contributed by atoms with E-state index >= 15 is 0 Å². The Labute approximate surface area is 170 Å². The SMILES string of the molecule is O=C(c1ccc(-c2ccc3c(c2)OCO3)cc1F)N1CCCC1CN1CCCC1. The maximum Gasteiger partial charge on any atom is 0.257 e. The van der Waals surface area contributed by atoms with Crippen LogP contribution in [0.4, 0.5) is 4.39 Å². The van der Waals surface area contributed by atoms with Crippen LogP contribution in [0, 0.1) is 5.82 Å². The number of ether oxygens (including phenoxy) is 2. The fourth-order valence-electron chi connectivity index (χ4n) is 4.66. The molecular weight excluding hydrogens is 371 g/mol. The van der Waals surface area contributed by atoms with Crippen LogP contribution < -0.4 is 9.47 Å². The Balaban J connectivity index is 1.35. The van der Waals surface area contributed by atoms with Crippen LogP contribution in [0.25, 0.3) is 11.1 Å². The van der Waals surface area contributed by atoms with Gasteiger partial charge in [-0.15, -0.1) is 0 Å². The van der Waals surface area contributed by atoms with Gasteiger partial charge in [-0.25, -0.2) is 4.39 Å². The van der Waals surface area contributed by atoms with E-state index in [1.54, 1.807) is 12.1 Å². The third kappa shape index (κ3) is 3.57. The summed E-state index contributed by atoms with van der Waals surface area (Å²) in [6, 6.07) is 10.6. The molecule has 2 aromatic carbocycles. The molecule has 1 atom stereocenters. The first kappa shape index (κ1) is 18.4. The summed E-state index contributed by atoms with van der Waals surface area (Å²) in [6.45, 7) is 4.03. The number of hydrogen-bond acceptors (Lipinski definition) is 4. The number of likely N-dealkylation sites (tertiary alicyclic amines) is 2. The van der Waals surface area contributed by atoms with E-state index in [2.05, 4.69) is 4.90 Å². The van der Waals surface area contributed by atoms with E-state index in [1.165, 1.54) is 18.9 Å². The smallest absolute Gasteiger partial charge is 0.257 e. The molecule has 1 amide bonds. The van der Waals surface area contributed by atoms with Crippen LogP contribution >= 0.6 is 0 Å². The number of benzene rings is 2. The topological polar surface area (TPSA) is 42.0 Å². The number of rotatable bonds is 4. The van der Waals surface area contributed by atoms with Crippen LogP contribution in [-0.4, -0.2) is 54.7 Å². The largest absolute Gasteiger partial charge is 0.454 e. The summed E-state index contributed by atoms with van der Waals surface area (Å²) in [7, 11) is 0. The second kappa shape index (κ2) is 7.67. The Bertz CT molecular complexity index is 926. The van der Waals surface area contributed by atoms with Gasteiger partial charge in [-0.05, 0) is 74.2 Å². The molecule has 3 heterocycles. The predicted molar refractivity (Wildman–Crippen MR) is 108 cm³/mol. The van der Waals surface area contributed by atoms with Gasteiger partial charge in [0.25, 0.3) is 5.91 Å². The van der Waals surface area contributed by atoms with Crippen molar-refractivity contribution in [3.8, 4) is 22.6 Å². The molecule has 2 saturated heterocycles. The number of nitrogens with zero attached hydrogens (tertiary/aromatic N) is 2. The molecule has 5 rings (SSSR count). The van der Waals surface area contributed by atoms with Crippen molar-refractivity contribution in [3.63, 3.8) is 0 Å². The van der Waals surface area contributed by atoms with E-state index in [1.807, 2.05) is 23.1 Å². The average molecular weight is 396 g/mol. The highest BCUT2D eigenvalue weighted by molar-refractivity contribution is 5.95. The molecule has 0 aromatic heterocycles. The van der Waals surface area contributed by atoms with E-state index in [-0.39, 0.29) is 24.3 Å². The highest BCUT2D eigenvalue weighted by Crippen LogP contribution is 2.36. The molecule has 0 radical (unpaired) electrons. The zero-order chi connectivity index (χ0) is 19.8. The third-order valence-corrected chi connectivity index (χ3v) is 6.21. The van der Waals surface area contributed by atoms with Crippen LogP contribution in [0.15, 0.2) is 36.4 Å². The molecule has 0 saturated carbocycles. The van der Waals surface area contributed by atoms with Crippen molar-refractivity contribution in [1.82, 2.24) is 9.80 Å². The van der Waals surface area contributed by atoms with Crippen molar-refractivity contribution < 1.29 is 18.7 Å². The van der Waals surface area contributed by atoms with E-state index in [0.717, 1.165) is 38.0 Å². The quantitative estimate of drug-likeness (QED) is 0.786. The van der Waals surface area contributed by atoms with E-state index in [4.69, 9.17) is 9.47 Å². The Kier molecular flexibility index (Phi) is 4.87. The number of amides is 1. The number of halogens is 1. The molecule has 3 aliphatic heterocycles. The lowest BCUT2D eigenvalue weighted by Gasteiger charge is -2.28. The molecule has 29 heavy (non-hydrogen) atoms. The second-order valence-corrected chi connectivity index (χ2v) is 8.06. The molecule has 1 unspecified atom stereocenters. The summed E-state index contributed by atoms with van der Waals surface area (Å²) in [6.07, 6.45) is 4.45. The Hall–Kier alpha value is -2.60. The second-order valence-electron chi connectivity index (χ2n) is 8.06. The highest BCUT2D eigenvalue weighted by Gasteiger charge is 2.32. The summed E-state index contributed by atoms with van der Waals surface area (Å²) in [5.41, 5.74) is 1.70. The average Bonchev–Trinajstić information content (AvgIpc) is 3.49. The normalized spacial score (nSPS) is 21.1. The van der Waals surface area contributed by atoms with Gasteiger partial charge in [-0.1, -0.05) is 12.1 Å². The molecule has 152 valence electrons. The monoisotopic (exact) mass is 396 g/mol. The van der Waals surface area contributed by atoms with Gasteiger partial charge in [0.1, 0.15) is 5.82 Å². The molecule has 2 aromatic rings. The van der Waals surface area contributed by atoms with Crippen LogP contribution in [-0.2, 0) is 0 Å². The fraction of sp³-hybridized carbons (Fsp3) is 0.435. The summed E-state index contributed by atoms with van der Waals surface area (Å²) < 4.78 is 25.7. The first-order valence-corrected chi connectivity index (χ1v) is 10.4. The summed E-state index contributed by atoms with van der Waals surface area (Å²) in [5, 5.41) is 0. The molecule has 2 fully saturated rings. The van der Waals surface area contributed by atoms with Crippen molar-refractivity contribution in [2.24, 2.45) is 0 Å². The van der Waals surface area contributed by atoms with Crippen LogP contribution in [0.1, 0.15) is 36.0 Å². The van der Waals surface area contributed by atoms with Crippen molar-refractivity contribution >= 4 is 5.91 Å². The molecule has 0 aliphatic carbocycles. The van der Waals surface area contributed by atoms with Crippen LogP contribution in [0.2, 0.25) is 0 Å². The zero-order valence-corrected chi connectivity index (χ0v) is 16.4. The molecule has 0 bridgehead atoms. The first-order valence-electron chi connectivity index (χ1n) is 10.4. The zero-order valence-electron chi connectivity index (χ0n) is 16.4. The predicted octanol–water partition coefficient (Wildman–Crippen LogP) is 3.92. The van der Waals surface area contributed by atoms with Gasteiger partial charge in [0.15, 0.2) is 11.5 Å². The van der Waals surface area contributed by atoms with Crippen molar-refractivity contribution in [2.45, 2.75) is 31.7 Å². The summed E-state index contributed by atoms with van der Waals surface area (Å²) in [5.74, 6) is 0.683. The minimum Gasteiger partial charge on any atom is -0.454 e. The van der Waals surface area contributed by atoms with Gasteiger partial charge in [-0.2, -0.15) is 0 Å². The van der Waals surface area contributed by atoms with E-state index in [0.29, 0.717) is 23.6 Å². The first-order chi connectivity index (χ1) is 14.2. The highest BCUT2D eigenvalue weighted by atomic mass is 19.1. The van der Waals surface area contributed by atoms with Crippen LogP contribution in [0.5, 0.6) is 11.5 Å². The van der Waals surface area contributed by atoms with Gasteiger partial charge >= 0.3 is 0 Å². The molecule has 0 N–H and O–H groups in total. The number of carbonyl (C=O) groups excluding carboxylic acids is 1. The summed E-state index contributed by atoms with van der Waals surface area (Å²) >= 11 is 0. The van der Waals surface area contributed by atoms with Crippen molar-refractivity contribution in [2.75, 3.05) is 33.0 Å². The Morgan fingerprint density at radius 1 is 0.966 bits per heavy atom. The summed E-state index contributed by atoms with van der Waals surface area (Å²) in [4.78, 5) is 17.4. The maximum absolute atomic E-state index is 14.9.